The van der Waals surface area contributed by atoms with E-state index in [2.05, 4.69) is 45.9 Å². The SMILES string of the molecule is Cc1cc2ncnc(N3CCN(c4cc(-n5cccn5)ncn4)CC3)c2[nH]1. The fraction of sp³-hybridized carbons (Fsp3) is 0.278. The summed E-state index contributed by atoms with van der Waals surface area (Å²) < 4.78 is 1.74. The lowest BCUT2D eigenvalue weighted by Gasteiger charge is -2.36. The molecular formula is C18H19N9. The molecule has 0 aliphatic carbocycles. The molecule has 0 aromatic carbocycles. The minimum Gasteiger partial charge on any atom is -0.354 e. The summed E-state index contributed by atoms with van der Waals surface area (Å²) in [6, 6.07) is 5.90. The van der Waals surface area contributed by atoms with Crippen LogP contribution in [0, 0.1) is 6.92 Å². The van der Waals surface area contributed by atoms with Gasteiger partial charge < -0.3 is 14.8 Å². The molecule has 0 amide bonds. The molecule has 1 aliphatic heterocycles. The number of hydrogen-bond acceptors (Lipinski definition) is 7. The predicted octanol–water partition coefficient (Wildman–Crippen LogP) is 1.57. The van der Waals surface area contributed by atoms with E-state index in [4.69, 9.17) is 0 Å². The third kappa shape index (κ3) is 2.86. The first-order valence-corrected chi connectivity index (χ1v) is 8.90. The first-order chi connectivity index (χ1) is 13.3. The Bertz CT molecular complexity index is 1060. The zero-order chi connectivity index (χ0) is 18.2. The fourth-order valence-corrected chi connectivity index (χ4v) is 3.48. The van der Waals surface area contributed by atoms with E-state index in [-0.39, 0.29) is 0 Å². The first kappa shape index (κ1) is 15.7. The molecule has 9 heteroatoms. The molecule has 0 bridgehead atoms. The van der Waals surface area contributed by atoms with E-state index in [9.17, 15) is 0 Å². The van der Waals surface area contributed by atoms with Crippen LogP contribution in [0.15, 0.2) is 43.2 Å². The van der Waals surface area contributed by atoms with Gasteiger partial charge in [-0.25, -0.2) is 24.6 Å². The Balaban J connectivity index is 1.35. The van der Waals surface area contributed by atoms with Crippen LogP contribution >= 0.6 is 0 Å². The fourth-order valence-electron chi connectivity index (χ4n) is 3.48. The van der Waals surface area contributed by atoms with Gasteiger partial charge in [-0.15, -0.1) is 0 Å². The van der Waals surface area contributed by atoms with Crippen LogP contribution in [0.5, 0.6) is 0 Å². The number of anilines is 2. The van der Waals surface area contributed by atoms with Crippen LogP contribution in [-0.4, -0.2) is 60.9 Å². The molecule has 0 radical (unpaired) electrons. The van der Waals surface area contributed by atoms with Crippen LogP contribution in [0.2, 0.25) is 0 Å². The van der Waals surface area contributed by atoms with Crippen molar-refractivity contribution in [2.24, 2.45) is 0 Å². The van der Waals surface area contributed by atoms with Gasteiger partial charge >= 0.3 is 0 Å². The van der Waals surface area contributed by atoms with Crippen LogP contribution in [0.3, 0.4) is 0 Å². The second-order valence-corrected chi connectivity index (χ2v) is 6.57. The van der Waals surface area contributed by atoms with E-state index in [0.29, 0.717) is 0 Å². The van der Waals surface area contributed by atoms with Crippen molar-refractivity contribution in [1.82, 2.24) is 34.7 Å². The number of aromatic nitrogens is 7. The van der Waals surface area contributed by atoms with Crippen molar-refractivity contribution in [2.45, 2.75) is 6.92 Å². The maximum absolute atomic E-state index is 4.52. The lowest BCUT2D eigenvalue weighted by molar-refractivity contribution is 0.641. The molecule has 4 aromatic heterocycles. The van der Waals surface area contributed by atoms with E-state index >= 15 is 0 Å². The lowest BCUT2D eigenvalue weighted by Crippen LogP contribution is -2.47. The predicted molar refractivity (Wildman–Crippen MR) is 102 cm³/mol. The topological polar surface area (TPSA) is 91.7 Å². The van der Waals surface area contributed by atoms with Crippen LogP contribution in [-0.2, 0) is 0 Å². The van der Waals surface area contributed by atoms with Gasteiger partial charge in [0.2, 0.25) is 0 Å². The Kier molecular flexibility index (Phi) is 3.70. The number of nitrogens with zero attached hydrogens (tertiary/aromatic N) is 8. The van der Waals surface area contributed by atoms with Gasteiger partial charge in [-0.3, -0.25) is 0 Å². The van der Waals surface area contributed by atoms with Gasteiger partial charge in [-0.05, 0) is 19.1 Å². The largest absolute Gasteiger partial charge is 0.354 e. The zero-order valence-corrected chi connectivity index (χ0v) is 14.9. The molecule has 1 saturated heterocycles. The summed E-state index contributed by atoms with van der Waals surface area (Å²) in [5.74, 6) is 2.65. The summed E-state index contributed by atoms with van der Waals surface area (Å²) in [7, 11) is 0. The molecule has 4 aromatic rings. The van der Waals surface area contributed by atoms with Crippen LogP contribution in [0.4, 0.5) is 11.6 Å². The number of hydrogen-bond donors (Lipinski definition) is 1. The number of aryl methyl sites for hydroxylation is 1. The second kappa shape index (κ2) is 6.35. The zero-order valence-electron chi connectivity index (χ0n) is 14.9. The van der Waals surface area contributed by atoms with Crippen molar-refractivity contribution >= 4 is 22.7 Å². The van der Waals surface area contributed by atoms with Gasteiger partial charge in [0.15, 0.2) is 11.6 Å². The minimum absolute atomic E-state index is 0.770. The Morgan fingerprint density at radius 2 is 1.67 bits per heavy atom. The molecule has 5 heterocycles. The minimum atomic E-state index is 0.770. The molecule has 5 rings (SSSR count). The van der Waals surface area contributed by atoms with Crippen molar-refractivity contribution < 1.29 is 0 Å². The van der Waals surface area contributed by atoms with Gasteiger partial charge in [-0.2, -0.15) is 5.10 Å². The summed E-state index contributed by atoms with van der Waals surface area (Å²) in [5, 5.41) is 4.24. The number of fused-ring (bicyclic) bond motifs is 1. The molecule has 1 aliphatic rings. The third-order valence-electron chi connectivity index (χ3n) is 4.81. The van der Waals surface area contributed by atoms with E-state index in [1.165, 1.54) is 0 Å². The standard InChI is InChI=1S/C18H19N9/c1-13-9-14-17(24-13)18(22-11-19-14)26-7-5-25(6-8-26)15-10-16(21-12-20-15)27-4-2-3-23-27/h2-4,9-12,24H,5-8H2,1H3. The summed E-state index contributed by atoms with van der Waals surface area (Å²) in [6.07, 6.45) is 6.85. The highest BCUT2D eigenvalue weighted by atomic mass is 15.3. The molecule has 1 fully saturated rings. The highest BCUT2D eigenvalue weighted by molar-refractivity contribution is 5.86. The number of nitrogens with one attached hydrogen (secondary N) is 1. The molecule has 9 nitrogen and oxygen atoms in total. The van der Waals surface area contributed by atoms with Crippen LogP contribution in [0.1, 0.15) is 5.69 Å². The molecule has 1 N–H and O–H groups in total. The number of rotatable bonds is 3. The summed E-state index contributed by atoms with van der Waals surface area (Å²) in [4.78, 5) is 25.6. The quantitative estimate of drug-likeness (QED) is 0.592. The summed E-state index contributed by atoms with van der Waals surface area (Å²) in [5.41, 5.74) is 3.06. The van der Waals surface area contributed by atoms with Crippen LogP contribution in [0.25, 0.3) is 16.9 Å². The molecular weight excluding hydrogens is 342 g/mol. The monoisotopic (exact) mass is 361 g/mol. The molecule has 0 spiro atoms. The van der Waals surface area contributed by atoms with Gasteiger partial charge in [0, 0.05) is 50.3 Å². The second-order valence-electron chi connectivity index (χ2n) is 6.57. The van der Waals surface area contributed by atoms with E-state index in [0.717, 1.165) is 60.4 Å². The van der Waals surface area contributed by atoms with E-state index in [1.807, 2.05) is 25.3 Å². The Morgan fingerprint density at radius 1 is 0.889 bits per heavy atom. The van der Waals surface area contributed by atoms with Crippen molar-refractivity contribution in [3.63, 3.8) is 0 Å². The molecule has 0 atom stereocenters. The maximum atomic E-state index is 4.52. The molecule has 27 heavy (non-hydrogen) atoms. The lowest BCUT2D eigenvalue weighted by atomic mass is 10.3. The van der Waals surface area contributed by atoms with Crippen molar-refractivity contribution in [3.05, 3.63) is 48.9 Å². The number of aromatic amines is 1. The normalized spacial score (nSPS) is 14.9. The Labute approximate surface area is 155 Å². The maximum Gasteiger partial charge on any atom is 0.158 e. The smallest absolute Gasteiger partial charge is 0.158 e. The highest BCUT2D eigenvalue weighted by Crippen LogP contribution is 2.25. The Morgan fingerprint density at radius 3 is 2.48 bits per heavy atom. The Hall–Kier alpha value is -3.49. The average Bonchev–Trinajstić information content (AvgIpc) is 3.37. The highest BCUT2D eigenvalue weighted by Gasteiger charge is 2.22. The number of piperazine rings is 1. The van der Waals surface area contributed by atoms with Crippen LogP contribution < -0.4 is 9.80 Å². The van der Waals surface area contributed by atoms with Gasteiger partial charge in [0.05, 0.1) is 5.52 Å². The summed E-state index contributed by atoms with van der Waals surface area (Å²) >= 11 is 0. The first-order valence-electron chi connectivity index (χ1n) is 8.90. The van der Waals surface area contributed by atoms with Crippen molar-refractivity contribution in [1.29, 1.82) is 0 Å². The number of H-pyrrole nitrogens is 1. The molecule has 0 unspecified atom stereocenters. The van der Waals surface area contributed by atoms with E-state index < -0.39 is 0 Å². The molecule has 0 saturated carbocycles. The average molecular weight is 361 g/mol. The molecule has 136 valence electrons. The van der Waals surface area contributed by atoms with E-state index in [1.54, 1.807) is 23.5 Å². The van der Waals surface area contributed by atoms with Gasteiger partial charge in [-0.1, -0.05) is 0 Å². The van der Waals surface area contributed by atoms with Crippen molar-refractivity contribution in [2.75, 3.05) is 36.0 Å². The van der Waals surface area contributed by atoms with Crippen molar-refractivity contribution in [3.8, 4) is 5.82 Å². The van der Waals surface area contributed by atoms with Gasteiger partial charge in [0.25, 0.3) is 0 Å². The third-order valence-corrected chi connectivity index (χ3v) is 4.81. The van der Waals surface area contributed by atoms with Gasteiger partial charge in [0.1, 0.15) is 24.0 Å². The summed E-state index contributed by atoms with van der Waals surface area (Å²) in [6.45, 7) is 5.49.